The molecule has 6 heteroatoms. The quantitative estimate of drug-likeness (QED) is 0.474. The first-order valence-electron chi connectivity index (χ1n) is 10.8. The van der Waals surface area contributed by atoms with Gasteiger partial charge in [0.25, 0.3) is 5.91 Å². The average Bonchev–Trinajstić information content (AvgIpc) is 3.60. The summed E-state index contributed by atoms with van der Waals surface area (Å²) >= 11 is 0. The lowest BCUT2D eigenvalue weighted by atomic mass is 10.1. The number of hydrogen-bond donors (Lipinski definition) is 2. The third-order valence-electron chi connectivity index (χ3n) is 5.69. The molecule has 1 heterocycles. The number of nitrogens with one attached hydrogen (secondary N) is 2. The number of fused-ring (bicyclic) bond motifs is 1. The number of aromatic nitrogens is 2. The van der Waals surface area contributed by atoms with Crippen molar-refractivity contribution >= 4 is 28.5 Å². The van der Waals surface area contributed by atoms with Crippen LogP contribution in [0.5, 0.6) is 0 Å². The van der Waals surface area contributed by atoms with E-state index in [9.17, 15) is 9.59 Å². The van der Waals surface area contributed by atoms with Gasteiger partial charge in [0.1, 0.15) is 5.82 Å². The Kier molecular flexibility index (Phi) is 5.19. The van der Waals surface area contributed by atoms with E-state index in [0.29, 0.717) is 12.1 Å². The highest BCUT2D eigenvalue weighted by atomic mass is 16.2. The highest BCUT2D eigenvalue weighted by molar-refractivity contribution is 5.97. The SMILES string of the molecule is Cc1nc2cc(C(=O)NCc3cccc(NC(=O)C4CC4)c3)ccc2n1-c1ccccc1. The van der Waals surface area contributed by atoms with Crippen LogP contribution >= 0.6 is 0 Å². The van der Waals surface area contributed by atoms with Gasteiger partial charge in [-0.05, 0) is 67.8 Å². The zero-order valence-electron chi connectivity index (χ0n) is 17.8. The number of hydrogen-bond acceptors (Lipinski definition) is 3. The maximum Gasteiger partial charge on any atom is 0.251 e. The molecule has 1 aromatic heterocycles. The molecule has 1 saturated carbocycles. The molecule has 6 nitrogen and oxygen atoms in total. The molecular formula is C26H24N4O2. The van der Waals surface area contributed by atoms with Crippen LogP contribution in [0.1, 0.15) is 34.6 Å². The van der Waals surface area contributed by atoms with E-state index in [1.54, 1.807) is 0 Å². The molecule has 0 bridgehead atoms. The Labute approximate surface area is 186 Å². The largest absolute Gasteiger partial charge is 0.348 e. The maximum absolute atomic E-state index is 12.8. The molecule has 0 atom stereocenters. The van der Waals surface area contributed by atoms with Gasteiger partial charge in [-0.1, -0.05) is 30.3 Å². The predicted molar refractivity (Wildman–Crippen MR) is 125 cm³/mol. The summed E-state index contributed by atoms with van der Waals surface area (Å²) in [7, 11) is 0. The molecule has 1 aliphatic carbocycles. The molecule has 0 unspecified atom stereocenters. The highest BCUT2D eigenvalue weighted by Crippen LogP contribution is 2.30. The van der Waals surface area contributed by atoms with Gasteiger partial charge in [0.15, 0.2) is 0 Å². The van der Waals surface area contributed by atoms with Gasteiger partial charge >= 0.3 is 0 Å². The summed E-state index contributed by atoms with van der Waals surface area (Å²) in [5, 5.41) is 5.91. The number of nitrogens with zero attached hydrogens (tertiary/aromatic N) is 2. The van der Waals surface area contributed by atoms with E-state index in [0.717, 1.165) is 46.6 Å². The first-order valence-corrected chi connectivity index (χ1v) is 10.8. The second kappa shape index (κ2) is 8.30. The Bertz CT molecular complexity index is 1310. The zero-order chi connectivity index (χ0) is 22.1. The predicted octanol–water partition coefficient (Wildman–Crippen LogP) is 4.61. The fourth-order valence-corrected chi connectivity index (χ4v) is 3.88. The monoisotopic (exact) mass is 424 g/mol. The Morgan fingerprint density at radius 3 is 2.59 bits per heavy atom. The number of amides is 2. The van der Waals surface area contributed by atoms with Crippen molar-refractivity contribution < 1.29 is 9.59 Å². The number of carbonyl (C=O) groups excluding carboxylic acids is 2. The van der Waals surface area contributed by atoms with Crippen LogP contribution < -0.4 is 10.6 Å². The van der Waals surface area contributed by atoms with E-state index < -0.39 is 0 Å². The molecule has 1 aliphatic rings. The van der Waals surface area contributed by atoms with E-state index in [1.165, 1.54) is 0 Å². The van der Waals surface area contributed by atoms with Crippen molar-refractivity contribution in [2.24, 2.45) is 5.92 Å². The molecule has 32 heavy (non-hydrogen) atoms. The fourth-order valence-electron chi connectivity index (χ4n) is 3.88. The van der Waals surface area contributed by atoms with Crippen molar-refractivity contribution in [1.29, 1.82) is 0 Å². The number of anilines is 1. The second-order valence-electron chi connectivity index (χ2n) is 8.18. The van der Waals surface area contributed by atoms with Crippen LogP contribution in [-0.2, 0) is 11.3 Å². The minimum absolute atomic E-state index is 0.0738. The fraction of sp³-hybridized carbons (Fsp3) is 0.192. The normalized spacial score (nSPS) is 13.2. The summed E-state index contributed by atoms with van der Waals surface area (Å²) in [6, 6.07) is 23.2. The van der Waals surface area contributed by atoms with Crippen molar-refractivity contribution in [2.75, 3.05) is 5.32 Å². The smallest absolute Gasteiger partial charge is 0.251 e. The van der Waals surface area contributed by atoms with Crippen LogP contribution in [0.4, 0.5) is 5.69 Å². The van der Waals surface area contributed by atoms with Crippen LogP contribution in [0.3, 0.4) is 0 Å². The Hall–Kier alpha value is -3.93. The van der Waals surface area contributed by atoms with Crippen LogP contribution in [0.15, 0.2) is 72.8 Å². The van der Waals surface area contributed by atoms with Gasteiger partial charge in [-0.15, -0.1) is 0 Å². The average molecular weight is 425 g/mol. The molecule has 2 amide bonds. The number of aryl methyl sites for hydroxylation is 1. The van der Waals surface area contributed by atoms with Crippen molar-refractivity contribution in [3.05, 3.63) is 89.7 Å². The first-order chi connectivity index (χ1) is 15.6. The summed E-state index contributed by atoms with van der Waals surface area (Å²) in [5.41, 5.74) is 5.04. The van der Waals surface area contributed by atoms with Crippen molar-refractivity contribution in [3.8, 4) is 5.69 Å². The summed E-state index contributed by atoms with van der Waals surface area (Å²) in [5.74, 6) is 0.937. The molecular weight excluding hydrogens is 400 g/mol. The van der Waals surface area contributed by atoms with Crippen LogP contribution in [0.25, 0.3) is 16.7 Å². The van der Waals surface area contributed by atoms with Crippen molar-refractivity contribution in [1.82, 2.24) is 14.9 Å². The Balaban J connectivity index is 1.30. The molecule has 4 aromatic rings. The van der Waals surface area contributed by atoms with Crippen LogP contribution in [0.2, 0.25) is 0 Å². The van der Waals surface area contributed by atoms with Gasteiger partial charge in [0.05, 0.1) is 11.0 Å². The number of para-hydroxylation sites is 1. The van der Waals surface area contributed by atoms with Gasteiger partial charge in [-0.3, -0.25) is 14.2 Å². The Morgan fingerprint density at radius 1 is 1.00 bits per heavy atom. The molecule has 5 rings (SSSR count). The third-order valence-corrected chi connectivity index (χ3v) is 5.69. The van der Waals surface area contributed by atoms with Gasteiger partial charge in [-0.25, -0.2) is 4.98 Å². The maximum atomic E-state index is 12.8. The number of benzene rings is 3. The van der Waals surface area contributed by atoms with Crippen LogP contribution in [0, 0.1) is 12.8 Å². The topological polar surface area (TPSA) is 76.0 Å². The van der Waals surface area contributed by atoms with Gasteiger partial charge in [0, 0.05) is 29.4 Å². The lowest BCUT2D eigenvalue weighted by Crippen LogP contribution is -2.23. The molecule has 2 N–H and O–H groups in total. The number of imidazole rings is 1. The molecule has 0 radical (unpaired) electrons. The molecule has 0 saturated heterocycles. The first kappa shape index (κ1) is 20.0. The minimum Gasteiger partial charge on any atom is -0.348 e. The second-order valence-corrected chi connectivity index (χ2v) is 8.18. The zero-order valence-corrected chi connectivity index (χ0v) is 17.8. The Morgan fingerprint density at radius 2 is 1.81 bits per heavy atom. The van der Waals surface area contributed by atoms with Crippen molar-refractivity contribution in [3.63, 3.8) is 0 Å². The molecule has 1 fully saturated rings. The molecule has 3 aromatic carbocycles. The van der Waals surface area contributed by atoms with E-state index in [1.807, 2.05) is 79.7 Å². The summed E-state index contributed by atoms with van der Waals surface area (Å²) in [4.78, 5) is 29.4. The third kappa shape index (κ3) is 4.12. The number of rotatable bonds is 6. The summed E-state index contributed by atoms with van der Waals surface area (Å²) < 4.78 is 2.08. The van der Waals surface area contributed by atoms with Gasteiger partial charge < -0.3 is 10.6 Å². The molecule has 0 spiro atoms. The summed E-state index contributed by atoms with van der Waals surface area (Å²) in [6.07, 6.45) is 1.93. The lowest BCUT2D eigenvalue weighted by Gasteiger charge is -2.09. The minimum atomic E-state index is -0.161. The number of carbonyl (C=O) groups is 2. The lowest BCUT2D eigenvalue weighted by molar-refractivity contribution is -0.117. The van der Waals surface area contributed by atoms with E-state index in [2.05, 4.69) is 20.2 Å². The highest BCUT2D eigenvalue weighted by Gasteiger charge is 2.29. The van der Waals surface area contributed by atoms with E-state index in [-0.39, 0.29) is 17.7 Å². The van der Waals surface area contributed by atoms with Gasteiger partial charge in [-0.2, -0.15) is 0 Å². The molecule has 0 aliphatic heterocycles. The van der Waals surface area contributed by atoms with Crippen LogP contribution in [-0.4, -0.2) is 21.4 Å². The van der Waals surface area contributed by atoms with E-state index in [4.69, 9.17) is 0 Å². The van der Waals surface area contributed by atoms with E-state index >= 15 is 0 Å². The summed E-state index contributed by atoms with van der Waals surface area (Å²) in [6.45, 7) is 2.34. The van der Waals surface area contributed by atoms with Gasteiger partial charge in [0.2, 0.25) is 5.91 Å². The standard InChI is InChI=1S/C26H24N4O2/c1-17-28-23-15-20(12-13-24(23)30(17)22-8-3-2-4-9-22)25(31)27-16-18-6-5-7-21(14-18)29-26(32)19-10-11-19/h2-9,12-15,19H,10-11,16H2,1H3,(H,27,31)(H,29,32). The molecule has 160 valence electrons. The van der Waals surface area contributed by atoms with Crippen molar-refractivity contribution in [2.45, 2.75) is 26.3 Å².